The Bertz CT molecular complexity index is 4830. The number of hydrogen-bond acceptors (Lipinski definition) is 23. The summed E-state index contributed by atoms with van der Waals surface area (Å²) in [6.07, 6.45) is 25.4. The van der Waals surface area contributed by atoms with Crippen molar-refractivity contribution in [3.63, 3.8) is 0 Å². The normalized spacial score (nSPS) is 20.9. The number of cyclic esters (lactones) is 7. The Morgan fingerprint density at radius 1 is 0.352 bits per heavy atom. The van der Waals surface area contributed by atoms with Crippen LogP contribution in [0.15, 0.2) is 282 Å². The van der Waals surface area contributed by atoms with Crippen LogP contribution in [0.25, 0.3) is 0 Å². The van der Waals surface area contributed by atoms with E-state index in [2.05, 4.69) is 65.6 Å². The van der Waals surface area contributed by atoms with E-state index in [1.807, 2.05) is 168 Å². The summed E-state index contributed by atoms with van der Waals surface area (Å²) in [5.41, 5.74) is 9.39. The van der Waals surface area contributed by atoms with Gasteiger partial charge in [-0.1, -0.05) is 184 Å². The lowest BCUT2D eigenvalue weighted by molar-refractivity contribution is -0.156. The van der Waals surface area contributed by atoms with Gasteiger partial charge >= 0.3 is 41.8 Å². The van der Waals surface area contributed by atoms with Gasteiger partial charge in [0.15, 0.2) is 0 Å². The van der Waals surface area contributed by atoms with Crippen molar-refractivity contribution in [1.29, 1.82) is 0 Å². The van der Waals surface area contributed by atoms with Crippen molar-refractivity contribution in [3.8, 4) is 5.75 Å². The van der Waals surface area contributed by atoms with Crippen molar-refractivity contribution in [2.75, 3.05) is 55.9 Å². The van der Waals surface area contributed by atoms with E-state index >= 15 is 0 Å². The molecule has 23 heteroatoms. The van der Waals surface area contributed by atoms with E-state index in [0.717, 1.165) is 118 Å². The highest BCUT2D eigenvalue weighted by molar-refractivity contribution is 5.90. The molecule has 0 N–H and O–H groups in total. The summed E-state index contributed by atoms with van der Waals surface area (Å²) in [6.45, 7) is 14.6. The van der Waals surface area contributed by atoms with Gasteiger partial charge in [-0.25, -0.2) is 33.6 Å². The minimum absolute atomic E-state index is 0.0713. The fourth-order valence-corrected chi connectivity index (χ4v) is 15.0. The molecular formula is C105H127NO22. The van der Waals surface area contributed by atoms with Crippen molar-refractivity contribution in [1.82, 2.24) is 4.98 Å². The van der Waals surface area contributed by atoms with Gasteiger partial charge in [0.05, 0.1) is 109 Å². The van der Waals surface area contributed by atoms with Crippen LogP contribution in [0, 0.1) is 11.8 Å². The molecule has 9 atom stereocenters. The molecule has 7 aromatic rings. The molecule has 9 unspecified atom stereocenters. The fourth-order valence-electron chi connectivity index (χ4n) is 15.0. The molecular weight excluding hydrogens is 1630 g/mol. The summed E-state index contributed by atoms with van der Waals surface area (Å²) in [5, 5.41) is 0. The molecule has 0 aliphatic carbocycles. The van der Waals surface area contributed by atoms with E-state index in [9.17, 15) is 33.6 Å². The molecule has 684 valence electrons. The van der Waals surface area contributed by atoms with Crippen molar-refractivity contribution in [2.45, 2.75) is 213 Å². The van der Waals surface area contributed by atoms with E-state index in [1.165, 1.54) is 63.8 Å². The minimum Gasteiger partial charge on any atom is -0.501 e. The summed E-state index contributed by atoms with van der Waals surface area (Å²) in [4.78, 5) is 84.5. The predicted molar refractivity (Wildman–Crippen MR) is 487 cm³/mol. The van der Waals surface area contributed by atoms with Gasteiger partial charge in [0, 0.05) is 44.5 Å². The number of carbonyl (C=O) groups excluding carboxylic acids is 7. The van der Waals surface area contributed by atoms with Gasteiger partial charge in [-0.2, -0.15) is 0 Å². The van der Waals surface area contributed by atoms with Gasteiger partial charge in [0.2, 0.25) is 0 Å². The number of pyridine rings is 1. The van der Waals surface area contributed by atoms with Gasteiger partial charge < -0.3 is 71.1 Å². The minimum atomic E-state index is -0.465. The zero-order valence-corrected chi connectivity index (χ0v) is 76.3. The average Bonchev–Trinajstić information content (AvgIpc) is 0.828. The Hall–Kier alpha value is -12.7. The monoisotopic (exact) mass is 1750 g/mol. The highest BCUT2D eigenvalue weighted by Crippen LogP contribution is 2.34. The molecule has 6 aromatic carbocycles. The third-order valence-electron chi connectivity index (χ3n) is 22.4. The van der Waals surface area contributed by atoms with E-state index in [-0.39, 0.29) is 90.2 Å². The first-order chi connectivity index (χ1) is 61.9. The molecule has 0 fully saturated rings. The van der Waals surface area contributed by atoms with Crippen LogP contribution in [-0.4, -0.2) is 145 Å². The first kappa shape index (κ1) is 101. The van der Waals surface area contributed by atoms with Crippen LogP contribution in [0.3, 0.4) is 0 Å². The van der Waals surface area contributed by atoms with Crippen LogP contribution >= 0.6 is 0 Å². The van der Waals surface area contributed by atoms with E-state index in [1.54, 1.807) is 62.7 Å². The van der Waals surface area contributed by atoms with E-state index in [4.69, 9.17) is 71.1 Å². The quantitative estimate of drug-likeness (QED) is 0.0288. The van der Waals surface area contributed by atoms with Gasteiger partial charge in [-0.05, 0) is 182 Å². The van der Waals surface area contributed by atoms with Gasteiger partial charge in [-0.15, -0.1) is 0 Å². The molecule has 0 amide bonds. The van der Waals surface area contributed by atoms with Crippen LogP contribution < -0.4 is 4.74 Å². The number of aromatic nitrogens is 1. The van der Waals surface area contributed by atoms with Crippen molar-refractivity contribution >= 4 is 41.8 Å². The highest BCUT2D eigenvalue weighted by Gasteiger charge is 2.36. The predicted octanol–water partition coefficient (Wildman–Crippen LogP) is 19.1. The number of benzene rings is 6. The highest BCUT2D eigenvalue weighted by atomic mass is 16.6. The summed E-state index contributed by atoms with van der Waals surface area (Å²) in [5.74, 6) is 4.14. The first-order valence-electron chi connectivity index (χ1n) is 44.0. The summed E-state index contributed by atoms with van der Waals surface area (Å²) >= 11 is 0. The maximum atomic E-state index is 11.7. The molecule has 7 aliphatic rings. The Morgan fingerprint density at radius 3 is 1.12 bits per heavy atom. The molecule has 0 bridgehead atoms. The lowest BCUT2D eigenvalue weighted by Crippen LogP contribution is -2.36. The molecule has 7 aliphatic heterocycles. The van der Waals surface area contributed by atoms with Gasteiger partial charge in [-0.3, -0.25) is 4.98 Å². The van der Waals surface area contributed by atoms with Crippen molar-refractivity contribution in [2.24, 2.45) is 11.8 Å². The van der Waals surface area contributed by atoms with Crippen LogP contribution in [0.1, 0.15) is 164 Å². The number of nitrogens with zero attached hydrogens (tertiary/aromatic N) is 1. The SMILES string of the molecule is CCOC1=C(C)C(=O)OC(CCc2ccccc2)C1.CCOC1=CC(=O)OC(CCc2ccccc2)C1C.COC1=C(C)C(=O)OC(CCc2ccccc2)C1.COC1=CC(=O)OC(C)(CCc2ccccc2)C1.COC1=CC(=O)OC(CCc2ccc(OC)cc2)C1.COC1=CC(=O)OC(CCc2ccccc2)C1C.COC1=CC(=O)OC(CCc2cccnc2)C1. The first-order valence-corrected chi connectivity index (χ1v) is 44.0. The van der Waals surface area contributed by atoms with E-state index in [0.29, 0.717) is 79.5 Å². The summed E-state index contributed by atoms with van der Waals surface area (Å²) in [6, 6.07) is 62.9. The number of esters is 7. The third-order valence-corrected chi connectivity index (χ3v) is 22.4. The molecule has 0 spiro atoms. The molecule has 128 heavy (non-hydrogen) atoms. The molecule has 8 heterocycles. The number of carbonyl (C=O) groups is 7. The topological polar surface area (TPSA) is 271 Å². The fraction of sp³-hybridized carbons (Fsp3) is 0.410. The molecule has 0 radical (unpaired) electrons. The lowest BCUT2D eigenvalue weighted by atomic mass is 9.91. The maximum Gasteiger partial charge on any atom is 0.337 e. The van der Waals surface area contributed by atoms with Gasteiger partial charge in [0.25, 0.3) is 0 Å². The zero-order chi connectivity index (χ0) is 92.0. The molecule has 1 aromatic heterocycles. The number of methoxy groups -OCH3 is 6. The Labute approximate surface area is 754 Å². The van der Waals surface area contributed by atoms with Crippen LogP contribution in [-0.2, 0) is 145 Å². The van der Waals surface area contributed by atoms with Crippen molar-refractivity contribution < 1.29 is 105 Å². The number of ether oxygens (including phenoxy) is 15. The largest absolute Gasteiger partial charge is 0.501 e. The van der Waals surface area contributed by atoms with Crippen molar-refractivity contribution in [3.05, 3.63) is 321 Å². The molecule has 23 nitrogen and oxygen atoms in total. The third kappa shape index (κ3) is 35.3. The number of rotatable bonds is 31. The molecule has 0 saturated carbocycles. The second-order valence-corrected chi connectivity index (χ2v) is 31.8. The lowest BCUT2D eigenvalue weighted by Gasteiger charge is -2.32. The Morgan fingerprint density at radius 2 is 0.719 bits per heavy atom. The Kier molecular flexibility index (Phi) is 42.8. The maximum absolute atomic E-state index is 11.7. The van der Waals surface area contributed by atoms with Crippen LogP contribution in [0.5, 0.6) is 5.75 Å². The summed E-state index contributed by atoms with van der Waals surface area (Å²) in [7, 11) is 9.57. The van der Waals surface area contributed by atoms with Crippen LogP contribution in [0.4, 0.5) is 0 Å². The second kappa shape index (κ2) is 54.4. The zero-order valence-electron chi connectivity index (χ0n) is 76.3. The van der Waals surface area contributed by atoms with Crippen LogP contribution in [0.2, 0.25) is 0 Å². The Balaban J connectivity index is 0.000000185. The summed E-state index contributed by atoms with van der Waals surface area (Å²) < 4.78 is 79.5. The smallest absolute Gasteiger partial charge is 0.337 e. The second-order valence-electron chi connectivity index (χ2n) is 31.8. The van der Waals surface area contributed by atoms with E-state index < -0.39 is 5.60 Å². The molecule has 14 rings (SSSR count). The average molecular weight is 1760 g/mol. The number of hydrogen-bond donors (Lipinski definition) is 0. The standard InChI is InChI=1S/2C16H20O3.C15H18O4.3C15H18O3.C13H15NO3/c1-3-18-15-11-16(17)19-14(12(15)2)10-9-13-7-5-4-6-8-13;1-3-18-15-11-14(19-16(17)12(15)2)10-9-13-7-5-4-6-8-13;1-17-12-6-3-11(4-7-12)5-8-13-9-14(18-2)10-15(16)19-13;1-15(9-8-12-6-4-3-5-7-12)11-13(17-2)10-14(16)18-15;1-11-13(18-15(16)10-14(11)17-2)9-8-12-6-4-3-5-7-12;1-11-14(17-2)10-13(18-15(11)16)9-8-12-6-4-3-5-7-12;1-16-12-7-11(17-13(15)8-12)5-4-10-3-2-6-14-9-10/h4-8,11-12,14H,3,9-10H2,1-2H3;4-8,14H,3,9-11H2,1-2H3;3-4,6-7,10,13H,5,8-9H2,1-2H3;3-7,10H,8-9,11H2,1-2H3;3-7,10-11,13H,8-9H2,1-2H3;3-7,13H,8-10H2,1-2H3;2-3,6,8-9,11H,4-5,7H2,1H3. The molecule has 0 saturated heterocycles. The van der Waals surface area contributed by atoms with Gasteiger partial charge in [0.1, 0.15) is 88.3 Å². The number of aryl methyl sites for hydroxylation is 7.